The van der Waals surface area contributed by atoms with E-state index in [0.29, 0.717) is 17.5 Å². The van der Waals surface area contributed by atoms with Gasteiger partial charge in [0.1, 0.15) is 0 Å². The first-order valence-electron chi connectivity index (χ1n) is 21.1. The van der Waals surface area contributed by atoms with Gasteiger partial charge in [0.2, 0.25) is 0 Å². The third kappa shape index (κ3) is 6.62. The fourth-order valence-electron chi connectivity index (χ4n) is 9.34. The molecular weight excluding hydrogens is 771 g/mol. The summed E-state index contributed by atoms with van der Waals surface area (Å²) in [7, 11) is -3.09. The molecule has 0 N–H and O–H groups in total. The number of fused-ring (bicyclic) bond motifs is 3. The second-order valence-corrected chi connectivity index (χ2v) is 20.2. The maximum atomic E-state index is 6.48. The molecule has 0 aliphatic carbocycles. The molecule has 0 aliphatic rings. The summed E-state index contributed by atoms with van der Waals surface area (Å²) in [6.45, 7) is 0. The van der Waals surface area contributed by atoms with E-state index in [2.05, 4.69) is 164 Å². The largest absolute Gasteiger partial charge is 0.208 e. The van der Waals surface area contributed by atoms with E-state index in [-0.39, 0.29) is 0 Å². The van der Waals surface area contributed by atoms with Crippen LogP contribution in [0, 0.1) is 0 Å². The molecule has 0 fully saturated rings. The summed E-state index contributed by atoms with van der Waals surface area (Å²) in [5, 5.41) is 7.53. The number of hydrogen-bond donors (Lipinski definition) is 0. The van der Waals surface area contributed by atoms with Crippen molar-refractivity contribution >= 4 is 50.8 Å². The number of rotatable bonds is 9. The van der Waals surface area contributed by atoms with Crippen molar-refractivity contribution in [1.82, 2.24) is 15.0 Å². The van der Waals surface area contributed by atoms with E-state index in [4.69, 9.17) is 19.4 Å². The van der Waals surface area contributed by atoms with E-state index in [1.807, 2.05) is 72.8 Å². The molecule has 0 saturated carbocycles. The zero-order valence-electron chi connectivity index (χ0n) is 33.8. The van der Waals surface area contributed by atoms with Gasteiger partial charge in [-0.05, 0) is 6.07 Å². The minimum Gasteiger partial charge on any atom is -0.208 e. The molecule has 0 spiro atoms. The molecule has 9 aromatic carbocycles. The first kappa shape index (κ1) is 37.0. The summed E-state index contributed by atoms with van der Waals surface area (Å²) in [6.07, 6.45) is 0. The molecule has 62 heavy (non-hydrogen) atoms. The Balaban J connectivity index is 0.995. The van der Waals surface area contributed by atoms with Crippen LogP contribution in [0.4, 0.5) is 0 Å². The molecule has 0 unspecified atom stereocenters. The van der Waals surface area contributed by atoms with Gasteiger partial charge in [0, 0.05) is 11.1 Å². The summed E-state index contributed by atoms with van der Waals surface area (Å²) in [5.74, 6) is 1.85. The van der Waals surface area contributed by atoms with E-state index >= 15 is 0 Å². The SMILES string of the molecule is c1ccc(-c2nc(-c3ccccc3)nc(-c3cccc4oc5ccc(-c6ccc(-c7cccc([SiH-](c8ccccc8)(c8ccccc8)c8ccccc8)c7)cc6)cc5c34)n2)cc1. The zero-order chi connectivity index (χ0) is 41.3. The molecule has 2 heterocycles. The molecule has 0 saturated heterocycles. The van der Waals surface area contributed by atoms with Gasteiger partial charge in [-0.2, -0.15) is 0 Å². The van der Waals surface area contributed by atoms with Crippen molar-refractivity contribution in [2.24, 2.45) is 0 Å². The smallest absolute Gasteiger partial charge is 0.0512 e. The van der Waals surface area contributed by atoms with Crippen LogP contribution in [0.25, 0.3) is 78.4 Å². The van der Waals surface area contributed by atoms with E-state index in [9.17, 15) is 0 Å². The van der Waals surface area contributed by atoms with Gasteiger partial charge >= 0.3 is 241 Å². The molecule has 0 radical (unpaired) electrons. The summed E-state index contributed by atoms with van der Waals surface area (Å²) < 4.78 is 6.48. The minimum absolute atomic E-state index is 0.600. The van der Waals surface area contributed by atoms with Gasteiger partial charge in [0.15, 0.2) is 17.5 Å². The fourth-order valence-corrected chi connectivity index (χ4v) is 14.9. The van der Waals surface area contributed by atoms with Gasteiger partial charge in [-0.1, -0.05) is 72.8 Å². The van der Waals surface area contributed by atoms with Gasteiger partial charge in [0.25, 0.3) is 0 Å². The van der Waals surface area contributed by atoms with Crippen molar-refractivity contribution in [2.75, 3.05) is 0 Å². The van der Waals surface area contributed by atoms with E-state index in [0.717, 1.165) is 49.8 Å². The molecule has 11 aromatic rings. The topological polar surface area (TPSA) is 51.8 Å². The second kappa shape index (κ2) is 15.9. The molecule has 11 rings (SSSR count). The van der Waals surface area contributed by atoms with E-state index < -0.39 is 8.07 Å². The quantitative estimate of drug-likeness (QED) is 0.108. The van der Waals surface area contributed by atoms with Gasteiger partial charge in [-0.3, -0.25) is 0 Å². The molecule has 0 amide bonds. The van der Waals surface area contributed by atoms with Gasteiger partial charge < -0.3 is 0 Å². The van der Waals surface area contributed by atoms with Crippen LogP contribution in [0.2, 0.25) is 0 Å². The van der Waals surface area contributed by atoms with Crippen LogP contribution in [-0.4, -0.2) is 23.0 Å². The van der Waals surface area contributed by atoms with Crippen LogP contribution in [0.1, 0.15) is 0 Å². The third-order valence-corrected chi connectivity index (χ3v) is 17.8. The van der Waals surface area contributed by atoms with Crippen LogP contribution in [-0.2, 0) is 0 Å². The predicted octanol–water partition coefficient (Wildman–Crippen LogP) is 11.2. The van der Waals surface area contributed by atoms with Crippen LogP contribution in [0.5, 0.6) is 0 Å². The number of nitrogens with zero attached hydrogens (tertiary/aromatic N) is 3. The molecular formula is C57H40N3OSi-. The average Bonchev–Trinajstić information content (AvgIpc) is 3.74. The Hall–Kier alpha value is -7.99. The zero-order valence-corrected chi connectivity index (χ0v) is 35.0. The van der Waals surface area contributed by atoms with Crippen molar-refractivity contribution in [2.45, 2.75) is 0 Å². The van der Waals surface area contributed by atoms with Gasteiger partial charge in [0.05, 0.1) is 0 Å². The molecule has 294 valence electrons. The second-order valence-electron chi connectivity index (χ2n) is 15.8. The number of furan rings is 1. The summed E-state index contributed by atoms with van der Waals surface area (Å²) in [6, 6.07) is 84.3. The summed E-state index contributed by atoms with van der Waals surface area (Å²) in [4.78, 5) is 15.1. The molecule has 2 aromatic heterocycles. The van der Waals surface area contributed by atoms with Crippen molar-refractivity contribution in [3.05, 3.63) is 237 Å². The average molecular weight is 811 g/mol. The maximum absolute atomic E-state index is 6.48. The van der Waals surface area contributed by atoms with Crippen LogP contribution < -0.4 is 20.7 Å². The maximum Gasteiger partial charge on any atom is -0.0512 e. The van der Waals surface area contributed by atoms with Crippen LogP contribution in [0.15, 0.2) is 241 Å². The molecule has 5 heteroatoms. The van der Waals surface area contributed by atoms with E-state index in [1.165, 1.54) is 31.9 Å². The minimum atomic E-state index is -3.09. The molecule has 0 bridgehead atoms. The van der Waals surface area contributed by atoms with Crippen LogP contribution >= 0.6 is 0 Å². The normalized spacial score (nSPS) is 11.8. The van der Waals surface area contributed by atoms with Crippen molar-refractivity contribution in [3.8, 4) is 56.4 Å². The van der Waals surface area contributed by atoms with Gasteiger partial charge in [-0.15, -0.1) is 0 Å². The summed E-state index contributed by atoms with van der Waals surface area (Å²) in [5.41, 5.74) is 8.96. The number of benzene rings is 9. The Morgan fingerprint density at radius 3 is 1.24 bits per heavy atom. The standard InChI is InChI=1S/C57H40N3OSi/c1-6-18-42(19-7-1)55-58-56(43-20-8-2-9-21-43)60-57(59-55)50-30-17-31-53-54(50)51-39-45(36-37-52(51)61-53)41-34-32-40(33-35-41)44-22-16-29-49(38-44)62(46-23-10-3-11-24-46,47-25-12-4-13-26-47)48-27-14-5-15-28-48/h1-39,62H/q-1. The van der Waals surface area contributed by atoms with Crippen molar-refractivity contribution < 1.29 is 4.42 Å². The fraction of sp³-hybridized carbons (Fsp3) is 0. The Morgan fingerprint density at radius 1 is 0.290 bits per heavy atom. The Bertz CT molecular complexity index is 3170. The monoisotopic (exact) mass is 810 g/mol. The van der Waals surface area contributed by atoms with Crippen LogP contribution in [0.3, 0.4) is 0 Å². The first-order chi connectivity index (χ1) is 30.7. The summed E-state index contributed by atoms with van der Waals surface area (Å²) >= 11 is 0. The predicted molar refractivity (Wildman–Crippen MR) is 259 cm³/mol. The number of aromatic nitrogens is 3. The molecule has 0 aliphatic heterocycles. The molecule has 0 atom stereocenters. The van der Waals surface area contributed by atoms with Crippen molar-refractivity contribution in [3.63, 3.8) is 0 Å². The first-order valence-corrected chi connectivity index (χ1v) is 23.4. The van der Waals surface area contributed by atoms with Crippen molar-refractivity contribution in [1.29, 1.82) is 0 Å². The van der Waals surface area contributed by atoms with Gasteiger partial charge in [-0.25, -0.2) is 15.0 Å². The Morgan fingerprint density at radius 2 is 0.710 bits per heavy atom. The Labute approximate surface area is 361 Å². The Kier molecular flexibility index (Phi) is 9.49. The third-order valence-electron chi connectivity index (χ3n) is 12.3. The number of hydrogen-bond acceptors (Lipinski definition) is 4. The van der Waals surface area contributed by atoms with E-state index in [1.54, 1.807) is 0 Å². The molecule has 4 nitrogen and oxygen atoms in total.